The number of halogens is 1. The average molecular weight is 415 g/mol. The van der Waals surface area contributed by atoms with Crippen molar-refractivity contribution in [1.29, 1.82) is 0 Å². The predicted octanol–water partition coefficient (Wildman–Crippen LogP) is 5.25. The topological polar surface area (TPSA) is 66.6 Å². The van der Waals surface area contributed by atoms with E-state index >= 15 is 0 Å². The predicted molar refractivity (Wildman–Crippen MR) is 120 cm³/mol. The van der Waals surface area contributed by atoms with Gasteiger partial charge in [0.15, 0.2) is 0 Å². The molecule has 0 radical (unpaired) electrons. The number of aryl methyl sites for hydroxylation is 1. The smallest absolute Gasteiger partial charge is 0.273 e. The molecular formula is C25H22FN3O2. The molecule has 2 N–H and O–H groups in total. The Morgan fingerprint density at radius 1 is 1.00 bits per heavy atom. The number of rotatable bonds is 4. The first-order valence-corrected chi connectivity index (χ1v) is 9.87. The molecule has 3 aromatic carbocycles. The molecule has 4 rings (SSSR count). The Morgan fingerprint density at radius 2 is 1.71 bits per heavy atom. The second kappa shape index (κ2) is 8.07. The number of carbonyl (C=O) groups is 1. The Labute approximate surface area is 179 Å². The van der Waals surface area contributed by atoms with Gasteiger partial charge in [-0.25, -0.2) is 9.82 Å². The number of hydrazone groups is 1. The van der Waals surface area contributed by atoms with Crippen molar-refractivity contribution in [2.24, 2.45) is 5.10 Å². The van der Waals surface area contributed by atoms with Crippen molar-refractivity contribution in [2.75, 3.05) is 0 Å². The van der Waals surface area contributed by atoms with Crippen molar-refractivity contribution in [3.05, 3.63) is 95.1 Å². The monoisotopic (exact) mass is 415 g/mol. The number of carbonyl (C=O) groups excluding carboxylic acids is 1. The lowest BCUT2D eigenvalue weighted by Crippen LogP contribution is -2.20. The van der Waals surface area contributed by atoms with Crippen LogP contribution in [-0.4, -0.2) is 21.3 Å². The summed E-state index contributed by atoms with van der Waals surface area (Å²) in [6, 6.07) is 19.1. The van der Waals surface area contributed by atoms with Crippen molar-refractivity contribution in [3.63, 3.8) is 0 Å². The van der Waals surface area contributed by atoms with Crippen LogP contribution < -0.4 is 5.43 Å². The molecular weight excluding hydrogens is 393 g/mol. The molecule has 6 heteroatoms. The van der Waals surface area contributed by atoms with Crippen LogP contribution in [0, 0.1) is 19.7 Å². The van der Waals surface area contributed by atoms with Crippen LogP contribution in [0.3, 0.4) is 0 Å². The SMILES string of the molecule is C/C(=N\NC(=O)c1cc(C)n(-c2ccc(F)cc2)c1C)c1ccc2ccccc2c1O. The summed E-state index contributed by atoms with van der Waals surface area (Å²) in [5, 5.41) is 16.5. The third kappa shape index (κ3) is 3.80. The number of phenolic OH excluding ortho intramolecular Hbond substituents is 1. The molecule has 1 heterocycles. The number of nitrogens with zero attached hydrogens (tertiary/aromatic N) is 2. The molecule has 1 aromatic heterocycles. The van der Waals surface area contributed by atoms with Crippen LogP contribution in [0.2, 0.25) is 0 Å². The number of phenols is 1. The van der Waals surface area contributed by atoms with E-state index in [2.05, 4.69) is 10.5 Å². The Balaban J connectivity index is 1.60. The molecule has 5 nitrogen and oxygen atoms in total. The Kier molecular flexibility index (Phi) is 5.29. The molecule has 0 saturated carbocycles. The summed E-state index contributed by atoms with van der Waals surface area (Å²) in [5.74, 6) is -0.546. The highest BCUT2D eigenvalue weighted by Gasteiger charge is 2.17. The van der Waals surface area contributed by atoms with Crippen molar-refractivity contribution in [2.45, 2.75) is 20.8 Å². The van der Waals surface area contributed by atoms with Crippen LogP contribution >= 0.6 is 0 Å². The van der Waals surface area contributed by atoms with Gasteiger partial charge in [0.2, 0.25) is 0 Å². The van der Waals surface area contributed by atoms with Gasteiger partial charge in [-0.1, -0.05) is 30.3 Å². The van der Waals surface area contributed by atoms with Crippen LogP contribution in [0.4, 0.5) is 4.39 Å². The largest absolute Gasteiger partial charge is 0.507 e. The summed E-state index contributed by atoms with van der Waals surface area (Å²) in [6.45, 7) is 5.44. The molecule has 0 saturated heterocycles. The molecule has 0 aliphatic heterocycles. The summed E-state index contributed by atoms with van der Waals surface area (Å²) < 4.78 is 15.2. The number of fused-ring (bicyclic) bond motifs is 1. The first-order chi connectivity index (χ1) is 14.9. The van der Waals surface area contributed by atoms with E-state index in [9.17, 15) is 14.3 Å². The van der Waals surface area contributed by atoms with Gasteiger partial charge >= 0.3 is 0 Å². The van der Waals surface area contributed by atoms with E-state index in [1.54, 1.807) is 31.2 Å². The zero-order valence-electron chi connectivity index (χ0n) is 17.5. The normalized spacial score (nSPS) is 11.7. The lowest BCUT2D eigenvalue weighted by molar-refractivity contribution is 0.0954. The third-order valence-corrected chi connectivity index (χ3v) is 5.38. The van der Waals surface area contributed by atoms with Crippen LogP contribution in [0.1, 0.15) is 34.2 Å². The molecule has 0 spiro atoms. The first kappa shape index (κ1) is 20.3. The number of hydrogen-bond acceptors (Lipinski definition) is 3. The second-order valence-corrected chi connectivity index (χ2v) is 7.42. The van der Waals surface area contributed by atoms with Crippen LogP contribution in [0.5, 0.6) is 5.75 Å². The summed E-state index contributed by atoms with van der Waals surface area (Å²) in [7, 11) is 0. The molecule has 1 amide bonds. The molecule has 31 heavy (non-hydrogen) atoms. The minimum Gasteiger partial charge on any atom is -0.507 e. The summed E-state index contributed by atoms with van der Waals surface area (Å²) >= 11 is 0. The third-order valence-electron chi connectivity index (χ3n) is 5.38. The summed E-state index contributed by atoms with van der Waals surface area (Å²) in [4.78, 5) is 12.8. The van der Waals surface area contributed by atoms with E-state index in [0.717, 1.165) is 27.8 Å². The lowest BCUT2D eigenvalue weighted by atomic mass is 10.0. The van der Waals surface area contributed by atoms with Gasteiger partial charge in [-0.05, 0) is 62.6 Å². The molecule has 4 aromatic rings. The summed E-state index contributed by atoms with van der Waals surface area (Å²) in [5.41, 5.74) is 6.44. The van der Waals surface area contributed by atoms with Gasteiger partial charge in [-0.3, -0.25) is 4.79 Å². The van der Waals surface area contributed by atoms with E-state index in [0.29, 0.717) is 16.8 Å². The van der Waals surface area contributed by atoms with Gasteiger partial charge < -0.3 is 9.67 Å². The molecule has 0 unspecified atom stereocenters. The fraction of sp³-hybridized carbons (Fsp3) is 0.120. The van der Waals surface area contributed by atoms with Crippen LogP contribution in [-0.2, 0) is 0 Å². The standard InChI is InChI=1S/C25H22FN3O2/c1-15-14-23(17(3)29(15)20-11-9-19(26)10-12-20)25(31)28-27-16(2)21-13-8-18-6-4-5-7-22(18)24(21)30/h4-14,30H,1-3H3,(H,28,31)/b27-16+. The fourth-order valence-electron chi connectivity index (χ4n) is 3.78. The van der Waals surface area contributed by atoms with Crippen LogP contribution in [0.25, 0.3) is 16.5 Å². The van der Waals surface area contributed by atoms with Gasteiger partial charge in [-0.15, -0.1) is 0 Å². The Hall–Kier alpha value is -3.93. The van der Waals surface area contributed by atoms with E-state index in [1.165, 1.54) is 12.1 Å². The molecule has 0 atom stereocenters. The highest BCUT2D eigenvalue weighted by atomic mass is 19.1. The van der Waals surface area contributed by atoms with Crippen molar-refractivity contribution in [3.8, 4) is 11.4 Å². The Bertz CT molecular complexity index is 1320. The first-order valence-electron chi connectivity index (χ1n) is 9.87. The highest BCUT2D eigenvalue weighted by Crippen LogP contribution is 2.29. The molecule has 0 aliphatic carbocycles. The minimum absolute atomic E-state index is 0.128. The number of hydrogen-bond donors (Lipinski definition) is 2. The highest BCUT2D eigenvalue weighted by molar-refractivity contribution is 6.07. The van der Waals surface area contributed by atoms with E-state index in [4.69, 9.17) is 0 Å². The quantitative estimate of drug-likeness (QED) is 0.353. The number of nitrogens with one attached hydrogen (secondary N) is 1. The van der Waals surface area contributed by atoms with Gasteiger partial charge in [0.1, 0.15) is 11.6 Å². The fourth-order valence-corrected chi connectivity index (χ4v) is 3.78. The molecule has 0 aliphatic rings. The van der Waals surface area contributed by atoms with Gasteiger partial charge in [-0.2, -0.15) is 5.10 Å². The number of amides is 1. The number of benzene rings is 3. The van der Waals surface area contributed by atoms with E-state index < -0.39 is 0 Å². The summed E-state index contributed by atoms with van der Waals surface area (Å²) in [6.07, 6.45) is 0. The average Bonchev–Trinajstić information content (AvgIpc) is 3.07. The number of aromatic nitrogens is 1. The van der Waals surface area contributed by atoms with E-state index in [1.807, 2.05) is 48.7 Å². The minimum atomic E-state index is -0.360. The maximum Gasteiger partial charge on any atom is 0.273 e. The van der Waals surface area contributed by atoms with Crippen molar-refractivity contribution >= 4 is 22.4 Å². The number of aromatic hydroxyl groups is 1. The van der Waals surface area contributed by atoms with Gasteiger partial charge in [0.05, 0.1) is 11.3 Å². The van der Waals surface area contributed by atoms with E-state index in [-0.39, 0.29) is 17.5 Å². The zero-order chi connectivity index (χ0) is 22.1. The maximum atomic E-state index is 13.3. The van der Waals surface area contributed by atoms with Crippen molar-refractivity contribution in [1.82, 2.24) is 9.99 Å². The lowest BCUT2D eigenvalue weighted by Gasteiger charge is -2.10. The zero-order valence-corrected chi connectivity index (χ0v) is 17.5. The van der Waals surface area contributed by atoms with Crippen molar-refractivity contribution < 1.29 is 14.3 Å². The van der Waals surface area contributed by atoms with Gasteiger partial charge in [0.25, 0.3) is 5.91 Å². The molecule has 156 valence electrons. The van der Waals surface area contributed by atoms with Crippen LogP contribution in [0.15, 0.2) is 71.8 Å². The van der Waals surface area contributed by atoms with Gasteiger partial charge in [0, 0.05) is 28.0 Å². The second-order valence-electron chi connectivity index (χ2n) is 7.42. The molecule has 0 bridgehead atoms. The Morgan fingerprint density at radius 3 is 2.45 bits per heavy atom. The molecule has 0 fully saturated rings. The maximum absolute atomic E-state index is 13.3.